The number of aromatic nitrogens is 2. The summed E-state index contributed by atoms with van der Waals surface area (Å²) < 4.78 is 20.7. The van der Waals surface area contributed by atoms with Crippen molar-refractivity contribution in [2.24, 2.45) is 0 Å². The van der Waals surface area contributed by atoms with E-state index in [1.807, 2.05) is 0 Å². The molecule has 1 aromatic heterocycles. The van der Waals surface area contributed by atoms with E-state index in [1.54, 1.807) is 44.3 Å². The lowest BCUT2D eigenvalue weighted by Gasteiger charge is -2.17. The lowest BCUT2D eigenvalue weighted by molar-refractivity contribution is 0.0569. The van der Waals surface area contributed by atoms with Crippen LogP contribution in [0.5, 0.6) is 5.88 Å². The molecule has 0 bridgehead atoms. The van der Waals surface area contributed by atoms with Crippen LogP contribution in [0.25, 0.3) is 0 Å². The summed E-state index contributed by atoms with van der Waals surface area (Å²) in [6.45, 7) is 3.40. The molecule has 0 aliphatic carbocycles. The van der Waals surface area contributed by atoms with Crippen LogP contribution in [0, 0.1) is 0 Å². The monoisotopic (exact) mass is 428 g/mol. The second-order valence-electron chi connectivity index (χ2n) is 5.72. The zero-order valence-corrected chi connectivity index (χ0v) is 16.6. The van der Waals surface area contributed by atoms with Crippen LogP contribution >= 0.6 is 15.9 Å². The quantitative estimate of drug-likeness (QED) is 0.586. The Morgan fingerprint density at radius 1 is 1.28 bits per heavy atom. The highest BCUT2D eigenvalue weighted by Gasteiger charge is 2.14. The largest absolute Gasteiger partial charge is 0.471 e. The first-order valence-electron chi connectivity index (χ1n) is 7.48. The van der Waals surface area contributed by atoms with Crippen molar-refractivity contribution in [3.8, 4) is 5.88 Å². The third kappa shape index (κ3) is 6.18. The van der Waals surface area contributed by atoms with Crippen LogP contribution in [0.4, 0.5) is 17.3 Å². The van der Waals surface area contributed by atoms with Crippen LogP contribution in [0.3, 0.4) is 0 Å². The summed E-state index contributed by atoms with van der Waals surface area (Å²) in [5.74, 6) is 4.25. The molecule has 1 aromatic carbocycles. The molecule has 0 saturated carbocycles. The normalized spacial score (nSPS) is 15.7. The number of hydrogen-bond donors (Lipinski definition) is 3. The average molecular weight is 429 g/mol. The van der Waals surface area contributed by atoms with Gasteiger partial charge in [-0.15, -0.1) is 0 Å². The number of nitrogens with zero attached hydrogens (tertiary/aromatic N) is 2. The Balaban J connectivity index is 2.12. The van der Waals surface area contributed by atoms with Gasteiger partial charge in [0.05, 0.1) is 16.8 Å². The Kier molecular flexibility index (Phi) is 6.26. The molecular weight excluding hydrogens is 408 g/mol. The van der Waals surface area contributed by atoms with Gasteiger partial charge in [0.1, 0.15) is 6.10 Å². The van der Waals surface area contributed by atoms with Crippen LogP contribution in [-0.4, -0.2) is 43.6 Å². The number of anilines is 3. The molecule has 0 spiro atoms. The van der Waals surface area contributed by atoms with Gasteiger partial charge in [-0.25, -0.2) is 9.19 Å². The summed E-state index contributed by atoms with van der Waals surface area (Å²) >= 11 is 3.33. The van der Waals surface area contributed by atoms with E-state index in [1.165, 1.54) is 6.26 Å². The maximum Gasteiger partial charge on any atom is 0.233 e. The number of halogens is 1. The van der Waals surface area contributed by atoms with Crippen LogP contribution < -0.4 is 14.8 Å². The molecule has 2 rings (SSSR count). The second kappa shape index (κ2) is 8.03. The Morgan fingerprint density at radius 2 is 1.88 bits per heavy atom. The molecule has 1 heterocycles. The SMILES string of the molecule is C=S(C)(=O)Nc1ccc(Nc2ncc(Br)c(O[C@H](C)[C@@H](C)O)n2)cc1. The van der Waals surface area contributed by atoms with Crippen molar-refractivity contribution in [1.29, 1.82) is 0 Å². The van der Waals surface area contributed by atoms with Crippen molar-refractivity contribution in [1.82, 2.24) is 9.97 Å². The molecule has 25 heavy (non-hydrogen) atoms. The second-order valence-corrected chi connectivity index (χ2v) is 8.79. The van der Waals surface area contributed by atoms with Gasteiger partial charge >= 0.3 is 0 Å². The van der Waals surface area contributed by atoms with E-state index in [2.05, 4.69) is 41.8 Å². The minimum Gasteiger partial charge on any atom is -0.471 e. The molecule has 0 amide bonds. The third-order valence-electron chi connectivity index (χ3n) is 3.16. The van der Waals surface area contributed by atoms with E-state index >= 15 is 0 Å². The molecule has 3 atom stereocenters. The summed E-state index contributed by atoms with van der Waals surface area (Å²) in [7, 11) is -2.32. The van der Waals surface area contributed by atoms with Crippen molar-refractivity contribution >= 4 is 48.8 Å². The maximum atomic E-state index is 11.6. The van der Waals surface area contributed by atoms with Gasteiger partial charge in [-0.2, -0.15) is 4.98 Å². The predicted octanol–water partition coefficient (Wildman–Crippen LogP) is 2.80. The average Bonchev–Trinajstić information content (AvgIpc) is 2.51. The number of nitrogens with one attached hydrogen (secondary N) is 2. The Morgan fingerprint density at radius 3 is 2.44 bits per heavy atom. The number of aliphatic hydroxyl groups excluding tert-OH is 1. The highest BCUT2D eigenvalue weighted by atomic mass is 79.9. The molecule has 0 aliphatic rings. The smallest absolute Gasteiger partial charge is 0.233 e. The van der Waals surface area contributed by atoms with Crippen molar-refractivity contribution in [3.63, 3.8) is 0 Å². The molecular formula is C16H21BrN4O3S. The standard InChI is InChI=1S/C16H21BrN4O3S/c1-10(22)11(2)24-15-14(17)9-18-16(20-15)19-12-5-7-13(8-6-12)21-25(3,4)23/h5-11,22H,3H2,1-2,4H3,(H,21,23)(H,18,19,20)/t10-,11-,25?/m1/s1. The van der Waals surface area contributed by atoms with Crippen molar-refractivity contribution in [2.75, 3.05) is 16.3 Å². The van der Waals surface area contributed by atoms with Gasteiger partial charge in [-0.3, -0.25) is 0 Å². The summed E-state index contributed by atoms with van der Waals surface area (Å²) in [5, 5.41) is 12.6. The fourth-order valence-corrected chi connectivity index (χ4v) is 2.69. The van der Waals surface area contributed by atoms with E-state index < -0.39 is 21.9 Å². The molecule has 2 aromatic rings. The van der Waals surface area contributed by atoms with Crippen LogP contribution in [0.15, 0.2) is 34.9 Å². The highest BCUT2D eigenvalue weighted by molar-refractivity contribution is 9.10. The highest BCUT2D eigenvalue weighted by Crippen LogP contribution is 2.25. The molecule has 9 heteroatoms. The summed E-state index contributed by atoms with van der Waals surface area (Å²) in [6, 6.07) is 7.17. The fraction of sp³-hybridized carbons (Fsp3) is 0.312. The summed E-state index contributed by atoms with van der Waals surface area (Å²) in [6.07, 6.45) is 2.07. The summed E-state index contributed by atoms with van der Waals surface area (Å²) in [5.41, 5.74) is 1.47. The number of ether oxygens (including phenoxy) is 1. The van der Waals surface area contributed by atoms with Gasteiger partial charge in [0.15, 0.2) is 0 Å². The topological polar surface area (TPSA) is 96.4 Å². The summed E-state index contributed by atoms with van der Waals surface area (Å²) in [4.78, 5) is 8.48. The van der Waals surface area contributed by atoms with Gasteiger partial charge in [0.25, 0.3) is 0 Å². The lowest BCUT2D eigenvalue weighted by atomic mass is 10.3. The molecule has 1 unspecified atom stereocenters. The Bertz CT molecular complexity index is 826. The van der Waals surface area contributed by atoms with E-state index in [0.29, 0.717) is 22.0 Å². The third-order valence-corrected chi connectivity index (χ3v) is 4.38. The van der Waals surface area contributed by atoms with Gasteiger partial charge in [-0.05, 0) is 59.9 Å². The molecule has 0 fully saturated rings. The molecule has 3 N–H and O–H groups in total. The zero-order valence-electron chi connectivity index (χ0n) is 14.2. The van der Waals surface area contributed by atoms with Gasteiger partial charge < -0.3 is 19.9 Å². The van der Waals surface area contributed by atoms with E-state index in [0.717, 1.165) is 5.69 Å². The Hall–Kier alpha value is -1.84. The number of rotatable bonds is 7. The molecule has 0 radical (unpaired) electrons. The maximum absolute atomic E-state index is 11.6. The lowest BCUT2D eigenvalue weighted by Crippen LogP contribution is -2.26. The number of aliphatic hydroxyl groups is 1. The van der Waals surface area contributed by atoms with E-state index in [9.17, 15) is 9.32 Å². The number of hydrogen-bond acceptors (Lipinski definition) is 6. The predicted molar refractivity (Wildman–Crippen MR) is 106 cm³/mol. The van der Waals surface area contributed by atoms with Gasteiger partial charge in [0.2, 0.25) is 11.8 Å². The minimum atomic E-state index is -2.32. The molecule has 136 valence electrons. The first-order valence-corrected chi connectivity index (χ1v) is 10.4. The van der Waals surface area contributed by atoms with E-state index in [4.69, 9.17) is 4.74 Å². The Labute approximate surface area is 156 Å². The first kappa shape index (κ1) is 19.5. The molecule has 7 nitrogen and oxygen atoms in total. The molecule has 0 aliphatic heterocycles. The zero-order chi connectivity index (χ0) is 18.6. The fourth-order valence-electron chi connectivity index (χ4n) is 1.77. The van der Waals surface area contributed by atoms with Crippen molar-refractivity contribution < 1.29 is 14.1 Å². The van der Waals surface area contributed by atoms with Crippen molar-refractivity contribution in [2.45, 2.75) is 26.1 Å². The van der Waals surface area contributed by atoms with Crippen LogP contribution in [0.2, 0.25) is 0 Å². The van der Waals surface area contributed by atoms with Gasteiger partial charge in [0, 0.05) is 27.3 Å². The van der Waals surface area contributed by atoms with Gasteiger partial charge in [-0.1, -0.05) is 0 Å². The van der Waals surface area contributed by atoms with E-state index in [-0.39, 0.29) is 0 Å². The first-order chi connectivity index (χ1) is 11.6. The molecule has 0 saturated heterocycles. The number of benzene rings is 1. The van der Waals surface area contributed by atoms with Crippen LogP contribution in [0.1, 0.15) is 13.8 Å². The van der Waals surface area contributed by atoms with Crippen molar-refractivity contribution in [3.05, 3.63) is 34.9 Å². The minimum absolute atomic E-state index is 0.340. The van der Waals surface area contributed by atoms with Crippen LogP contribution in [-0.2, 0) is 9.71 Å².